The first-order valence-corrected chi connectivity index (χ1v) is 18.0. The molecule has 1 aromatic heterocycles. The Hall–Kier alpha value is -3.73. The summed E-state index contributed by atoms with van der Waals surface area (Å²) in [5, 5.41) is 12.4. The Labute approximate surface area is 276 Å². The van der Waals surface area contributed by atoms with E-state index in [0.717, 1.165) is 102 Å². The summed E-state index contributed by atoms with van der Waals surface area (Å²) in [5.74, 6) is 1.30. The fraction of sp³-hybridized carbons (Fsp3) is 0.488. The molecule has 1 aromatic rings. The average molecular weight is 619 g/mol. The van der Waals surface area contributed by atoms with Gasteiger partial charge in [0.15, 0.2) is 0 Å². The van der Waals surface area contributed by atoms with Gasteiger partial charge >= 0.3 is 0 Å². The van der Waals surface area contributed by atoms with Crippen LogP contribution in [0.3, 0.4) is 0 Å². The van der Waals surface area contributed by atoms with Gasteiger partial charge in [-0.3, -0.25) is 0 Å². The van der Waals surface area contributed by atoms with E-state index in [9.17, 15) is 5.11 Å². The first-order chi connectivity index (χ1) is 22.4. The van der Waals surface area contributed by atoms with Gasteiger partial charge in [0, 0.05) is 33.2 Å². The number of hydrogen-bond acceptors (Lipinski definition) is 4. The van der Waals surface area contributed by atoms with Crippen LogP contribution in [0.25, 0.3) is 17.4 Å². The molecule has 244 valence electrons. The number of nitrogens with one attached hydrogen (secondary N) is 1. The van der Waals surface area contributed by atoms with Gasteiger partial charge in [-0.2, -0.15) is 0 Å². The van der Waals surface area contributed by atoms with Crippen molar-refractivity contribution in [3.05, 3.63) is 87.0 Å². The van der Waals surface area contributed by atoms with E-state index in [4.69, 9.17) is 15.0 Å². The van der Waals surface area contributed by atoms with Crippen LogP contribution in [-0.4, -0.2) is 27.2 Å². The highest BCUT2D eigenvalue weighted by Crippen LogP contribution is 2.38. The second-order valence-electron chi connectivity index (χ2n) is 13.0. The number of rotatable bonds is 12. The molecule has 0 saturated heterocycles. The van der Waals surface area contributed by atoms with Gasteiger partial charge in [0.1, 0.15) is 0 Å². The second kappa shape index (κ2) is 14.8. The van der Waals surface area contributed by atoms with Crippen molar-refractivity contribution in [2.24, 2.45) is 38.6 Å². The highest BCUT2D eigenvalue weighted by atomic mass is 16.2. The molecule has 5 heterocycles. The molecule has 0 spiro atoms. The van der Waals surface area contributed by atoms with E-state index < -0.39 is 0 Å². The first-order valence-electron chi connectivity index (χ1n) is 18.0. The monoisotopic (exact) mass is 618 g/mol. The van der Waals surface area contributed by atoms with Crippen molar-refractivity contribution in [2.45, 2.75) is 107 Å². The van der Waals surface area contributed by atoms with Crippen molar-refractivity contribution in [1.82, 2.24) is 4.98 Å². The molecule has 0 saturated carbocycles. The van der Waals surface area contributed by atoms with E-state index in [-0.39, 0.29) is 5.92 Å². The smallest absolute Gasteiger partial charge is 0.0885 e. The van der Waals surface area contributed by atoms with Crippen molar-refractivity contribution in [2.75, 3.05) is 0 Å². The number of hydrogen-bond donors (Lipinski definition) is 2. The number of aliphatic hydroxyl groups is 1. The third-order valence-corrected chi connectivity index (χ3v) is 10.7. The second-order valence-corrected chi connectivity index (χ2v) is 13.0. The van der Waals surface area contributed by atoms with Gasteiger partial charge in [-0.25, -0.2) is 15.0 Å². The summed E-state index contributed by atoms with van der Waals surface area (Å²) >= 11 is 0. The predicted octanol–water partition coefficient (Wildman–Crippen LogP) is 9.47. The van der Waals surface area contributed by atoms with Crippen LogP contribution in [0.1, 0.15) is 112 Å². The minimum Gasteiger partial charge on any atom is -0.515 e. The van der Waals surface area contributed by atoms with Crippen LogP contribution in [0.4, 0.5) is 0 Å². The number of fused-ring (bicyclic) bond motifs is 5. The largest absolute Gasteiger partial charge is 0.515 e. The van der Waals surface area contributed by atoms with E-state index in [0.29, 0.717) is 17.8 Å². The number of aliphatic hydroxyl groups excluding tert-OH is 1. The Bertz CT molecular complexity index is 1730. The topological polar surface area (TPSA) is 73.1 Å². The van der Waals surface area contributed by atoms with E-state index in [1.807, 2.05) is 0 Å². The third kappa shape index (κ3) is 6.06. The molecule has 0 unspecified atom stereocenters. The van der Waals surface area contributed by atoms with Gasteiger partial charge in [0.25, 0.3) is 0 Å². The summed E-state index contributed by atoms with van der Waals surface area (Å²) < 4.78 is 0. The van der Waals surface area contributed by atoms with Gasteiger partial charge in [-0.05, 0) is 118 Å². The lowest BCUT2D eigenvalue weighted by Crippen LogP contribution is -2.31. The molecule has 4 aliphatic heterocycles. The molecule has 2 N–H and O–H groups in total. The summed E-state index contributed by atoms with van der Waals surface area (Å²) in [4.78, 5) is 20.1. The van der Waals surface area contributed by atoms with Gasteiger partial charge in [0.2, 0.25) is 0 Å². The fourth-order valence-electron chi connectivity index (χ4n) is 7.92. The van der Waals surface area contributed by atoms with E-state index >= 15 is 0 Å². The number of nitrogens with zero attached hydrogens (tertiary/aromatic N) is 3. The molecule has 4 aliphatic rings. The molecule has 5 rings (SSSR count). The summed E-state index contributed by atoms with van der Waals surface area (Å²) in [6, 6.07) is 2.12. The molecule has 5 heteroatoms. The van der Waals surface area contributed by atoms with Crippen LogP contribution >= 0.6 is 0 Å². The highest BCUT2D eigenvalue weighted by molar-refractivity contribution is 6.27. The summed E-state index contributed by atoms with van der Waals surface area (Å²) in [6.07, 6.45) is 22.6. The minimum absolute atomic E-state index is 0.282. The maximum atomic E-state index is 10.7. The molecule has 0 aromatic carbocycles. The molecule has 46 heavy (non-hydrogen) atoms. The lowest BCUT2D eigenvalue weighted by Gasteiger charge is -2.20. The zero-order chi connectivity index (χ0) is 33.0. The maximum absolute atomic E-state index is 10.7. The van der Waals surface area contributed by atoms with Gasteiger partial charge in [-0.1, -0.05) is 55.4 Å². The Morgan fingerprint density at radius 2 is 0.870 bits per heavy atom. The summed E-state index contributed by atoms with van der Waals surface area (Å²) in [5.41, 5.74) is 11.9. The molecule has 0 radical (unpaired) electrons. The molecule has 0 atom stereocenters. The maximum Gasteiger partial charge on any atom is 0.0885 e. The normalized spacial score (nSPS) is 18.2. The van der Waals surface area contributed by atoms with Crippen molar-refractivity contribution < 1.29 is 5.11 Å². The van der Waals surface area contributed by atoms with Crippen LogP contribution in [0.5, 0.6) is 0 Å². The predicted molar refractivity (Wildman–Crippen MR) is 198 cm³/mol. The van der Waals surface area contributed by atoms with Crippen LogP contribution in [0.2, 0.25) is 0 Å². The average Bonchev–Trinajstić information content (AvgIpc) is 3.91. The van der Waals surface area contributed by atoms with Gasteiger partial charge in [-0.15, -0.1) is 0 Å². The lowest BCUT2D eigenvalue weighted by molar-refractivity contribution is 0.539. The molecule has 0 fully saturated rings. The quantitative estimate of drug-likeness (QED) is 0.241. The first kappa shape index (κ1) is 33.6. The van der Waals surface area contributed by atoms with Crippen LogP contribution < -0.4 is 10.6 Å². The van der Waals surface area contributed by atoms with Crippen LogP contribution in [0, 0.1) is 23.7 Å². The Kier molecular flexibility index (Phi) is 10.8. The molecular weight excluding hydrogens is 564 g/mol. The zero-order valence-electron chi connectivity index (χ0n) is 29.4. The fourth-order valence-corrected chi connectivity index (χ4v) is 7.92. The molecule has 8 bridgehead atoms. The molecule has 5 nitrogen and oxygen atoms in total. The highest BCUT2D eigenvalue weighted by Gasteiger charge is 2.30. The van der Waals surface area contributed by atoms with E-state index in [1.54, 1.807) is 0 Å². The molecule has 0 aliphatic carbocycles. The van der Waals surface area contributed by atoms with Crippen molar-refractivity contribution >= 4 is 34.5 Å². The Balaban J connectivity index is 1.97. The van der Waals surface area contributed by atoms with Crippen LogP contribution in [-0.2, 0) is 0 Å². The lowest BCUT2D eigenvalue weighted by atomic mass is 9.88. The summed E-state index contributed by atoms with van der Waals surface area (Å²) in [6.45, 7) is 18.1. The number of aliphatic imine (C=N–C) groups is 3. The van der Waals surface area contributed by atoms with Gasteiger partial charge < -0.3 is 10.1 Å². The van der Waals surface area contributed by atoms with Crippen molar-refractivity contribution in [3.8, 4) is 0 Å². The minimum atomic E-state index is 0.282. The number of aromatic nitrogens is 1. The van der Waals surface area contributed by atoms with E-state index in [2.05, 4.69) is 103 Å². The van der Waals surface area contributed by atoms with Crippen LogP contribution in [0.15, 0.2) is 85.7 Å². The number of H-pyrrole nitrogens is 1. The molecular formula is C41H54N4O. The number of allylic oxidation sites excluding steroid dienone is 9. The Morgan fingerprint density at radius 3 is 1.26 bits per heavy atom. The standard InChI is InChI=1S/C41H54N4O/c1-9-25(10-2)37-30-17-18-31(42-30)38(26(11-3)12-4)33-21-22-35(44-33)40(28(15-7)16-8)41-29(24-46)23-36(45-41)39(27(13-5)14-6)34-20-19-32(37)43-34/h17-28,45-46H,9-16H2,1-8H3. The third-order valence-electron chi connectivity index (χ3n) is 10.7. The summed E-state index contributed by atoms with van der Waals surface area (Å²) in [7, 11) is 0. The Morgan fingerprint density at radius 1 is 0.522 bits per heavy atom. The van der Waals surface area contributed by atoms with Crippen molar-refractivity contribution in [1.29, 1.82) is 0 Å². The molecule has 0 amide bonds. The van der Waals surface area contributed by atoms with Gasteiger partial charge in [0.05, 0.1) is 45.8 Å². The SMILES string of the molecule is CCC(CC)C1=C2C=CC(=N2)C(C(CC)CC)=C2C=CC(=N2)C(C(CC)CC)=c2[nH]c(cc2=CO)C(C(CC)CC)=C2C=CC1=N2. The van der Waals surface area contributed by atoms with Crippen molar-refractivity contribution in [3.63, 3.8) is 0 Å². The van der Waals surface area contributed by atoms with E-state index in [1.165, 1.54) is 28.6 Å². The zero-order valence-corrected chi connectivity index (χ0v) is 29.4. The number of aromatic amines is 1.